The molecular weight excluding hydrogens is 276 g/mol. The average molecular weight is 296 g/mol. The van der Waals surface area contributed by atoms with Crippen molar-refractivity contribution in [3.05, 3.63) is 22.4 Å². The number of aliphatic hydroxyl groups excluding tert-OH is 1. The maximum absolute atomic E-state index is 12.0. The van der Waals surface area contributed by atoms with Crippen molar-refractivity contribution >= 4 is 23.2 Å². The summed E-state index contributed by atoms with van der Waals surface area (Å²) in [5.74, 6) is 0.0671. The summed E-state index contributed by atoms with van der Waals surface area (Å²) in [6.45, 7) is 0.642. The molecule has 1 heterocycles. The lowest BCUT2D eigenvalue weighted by Gasteiger charge is -2.17. The number of nitrogens with one attached hydrogen (secondary N) is 1. The Morgan fingerprint density at radius 3 is 2.90 bits per heavy atom. The van der Waals surface area contributed by atoms with E-state index < -0.39 is 0 Å². The molecule has 6 heteroatoms. The van der Waals surface area contributed by atoms with Gasteiger partial charge in [0.2, 0.25) is 5.91 Å². The SMILES string of the molecule is CN(CC(=O)NCC1CCC(O)C1)C(=O)c1cccs1. The van der Waals surface area contributed by atoms with E-state index in [0.29, 0.717) is 17.3 Å². The van der Waals surface area contributed by atoms with Gasteiger partial charge in [-0.25, -0.2) is 0 Å². The third-order valence-corrected chi connectivity index (χ3v) is 4.42. The molecule has 2 atom stereocenters. The highest BCUT2D eigenvalue weighted by Gasteiger charge is 2.23. The maximum atomic E-state index is 12.0. The number of carbonyl (C=O) groups excluding carboxylic acids is 2. The lowest BCUT2D eigenvalue weighted by molar-refractivity contribution is -0.121. The van der Waals surface area contributed by atoms with Crippen LogP contribution < -0.4 is 5.32 Å². The van der Waals surface area contributed by atoms with Gasteiger partial charge in [-0.15, -0.1) is 11.3 Å². The molecule has 0 bridgehead atoms. The molecule has 2 unspecified atom stereocenters. The highest BCUT2D eigenvalue weighted by Crippen LogP contribution is 2.24. The average Bonchev–Trinajstić information content (AvgIpc) is 3.06. The van der Waals surface area contributed by atoms with Crippen LogP contribution >= 0.6 is 11.3 Å². The van der Waals surface area contributed by atoms with E-state index in [4.69, 9.17) is 0 Å². The van der Waals surface area contributed by atoms with Gasteiger partial charge in [-0.2, -0.15) is 0 Å². The minimum Gasteiger partial charge on any atom is -0.393 e. The van der Waals surface area contributed by atoms with Gasteiger partial charge in [0.25, 0.3) is 5.91 Å². The number of thiophene rings is 1. The number of carbonyl (C=O) groups is 2. The van der Waals surface area contributed by atoms with Crippen molar-refractivity contribution in [2.45, 2.75) is 25.4 Å². The minimum atomic E-state index is -0.222. The zero-order valence-corrected chi connectivity index (χ0v) is 12.4. The Morgan fingerprint density at radius 2 is 2.30 bits per heavy atom. The van der Waals surface area contributed by atoms with Crippen LogP contribution in [0.15, 0.2) is 17.5 Å². The summed E-state index contributed by atoms with van der Waals surface area (Å²) in [5, 5.41) is 14.1. The van der Waals surface area contributed by atoms with E-state index in [-0.39, 0.29) is 24.5 Å². The first kappa shape index (κ1) is 15.0. The van der Waals surface area contributed by atoms with E-state index in [1.165, 1.54) is 16.2 Å². The zero-order chi connectivity index (χ0) is 14.5. The van der Waals surface area contributed by atoms with Gasteiger partial charge in [-0.05, 0) is 36.6 Å². The van der Waals surface area contributed by atoms with Crippen LogP contribution in [-0.4, -0.2) is 48.1 Å². The van der Waals surface area contributed by atoms with Crippen molar-refractivity contribution in [3.63, 3.8) is 0 Å². The number of nitrogens with zero attached hydrogens (tertiary/aromatic N) is 1. The summed E-state index contributed by atoms with van der Waals surface area (Å²) in [7, 11) is 1.63. The van der Waals surface area contributed by atoms with Crippen LogP contribution in [0.25, 0.3) is 0 Å². The van der Waals surface area contributed by atoms with Gasteiger partial charge < -0.3 is 15.3 Å². The van der Waals surface area contributed by atoms with Crippen LogP contribution in [0.4, 0.5) is 0 Å². The number of aliphatic hydroxyl groups is 1. The third kappa shape index (κ3) is 4.05. The predicted octanol–water partition coefficient (Wildman–Crippen LogP) is 1.10. The van der Waals surface area contributed by atoms with Gasteiger partial charge in [0.15, 0.2) is 0 Å². The van der Waals surface area contributed by atoms with Crippen LogP contribution in [-0.2, 0) is 4.79 Å². The van der Waals surface area contributed by atoms with Gasteiger partial charge >= 0.3 is 0 Å². The summed E-state index contributed by atoms with van der Waals surface area (Å²) in [6.07, 6.45) is 2.30. The van der Waals surface area contributed by atoms with Gasteiger partial charge in [0.05, 0.1) is 17.5 Å². The van der Waals surface area contributed by atoms with Crippen LogP contribution in [0.5, 0.6) is 0 Å². The maximum Gasteiger partial charge on any atom is 0.264 e. The number of hydrogen-bond acceptors (Lipinski definition) is 4. The van der Waals surface area contributed by atoms with Crippen LogP contribution in [0.1, 0.15) is 28.9 Å². The second kappa shape index (κ2) is 6.85. The monoisotopic (exact) mass is 296 g/mol. The Bertz CT molecular complexity index is 461. The zero-order valence-electron chi connectivity index (χ0n) is 11.5. The molecule has 0 aliphatic heterocycles. The summed E-state index contributed by atoms with van der Waals surface area (Å²) >= 11 is 1.37. The van der Waals surface area contributed by atoms with Gasteiger partial charge in [-0.1, -0.05) is 6.07 Å². The quantitative estimate of drug-likeness (QED) is 0.855. The number of likely N-dealkylation sites (N-methyl/N-ethyl adjacent to an activating group) is 1. The smallest absolute Gasteiger partial charge is 0.264 e. The Morgan fingerprint density at radius 1 is 1.50 bits per heavy atom. The summed E-state index contributed by atoms with van der Waals surface area (Å²) in [6, 6.07) is 3.57. The normalized spacial score (nSPS) is 21.7. The van der Waals surface area contributed by atoms with Crippen molar-refractivity contribution in [2.24, 2.45) is 5.92 Å². The molecule has 1 aliphatic carbocycles. The molecule has 0 aromatic carbocycles. The lowest BCUT2D eigenvalue weighted by Crippen LogP contribution is -2.39. The molecule has 0 spiro atoms. The third-order valence-electron chi connectivity index (χ3n) is 3.56. The highest BCUT2D eigenvalue weighted by molar-refractivity contribution is 7.12. The van der Waals surface area contributed by atoms with E-state index in [0.717, 1.165) is 19.3 Å². The Kier molecular flexibility index (Phi) is 5.14. The van der Waals surface area contributed by atoms with Gasteiger partial charge in [-0.3, -0.25) is 9.59 Å². The van der Waals surface area contributed by atoms with Crippen molar-refractivity contribution < 1.29 is 14.7 Å². The largest absolute Gasteiger partial charge is 0.393 e. The fourth-order valence-corrected chi connectivity index (χ4v) is 3.14. The first-order chi connectivity index (χ1) is 9.56. The molecule has 110 valence electrons. The number of hydrogen-bond donors (Lipinski definition) is 2. The topological polar surface area (TPSA) is 69.6 Å². The predicted molar refractivity (Wildman–Crippen MR) is 77.6 cm³/mol. The molecule has 0 saturated heterocycles. The second-order valence-electron chi connectivity index (χ2n) is 5.28. The van der Waals surface area contributed by atoms with Crippen molar-refractivity contribution in [1.82, 2.24) is 10.2 Å². The fraction of sp³-hybridized carbons (Fsp3) is 0.571. The van der Waals surface area contributed by atoms with E-state index in [1.54, 1.807) is 13.1 Å². The first-order valence-corrected chi connectivity index (χ1v) is 7.68. The first-order valence-electron chi connectivity index (χ1n) is 6.80. The number of rotatable bonds is 5. The Hall–Kier alpha value is -1.40. The molecule has 1 aromatic heterocycles. The fourth-order valence-electron chi connectivity index (χ4n) is 2.42. The molecule has 2 amide bonds. The van der Waals surface area contributed by atoms with Crippen molar-refractivity contribution in [2.75, 3.05) is 20.1 Å². The van der Waals surface area contributed by atoms with Crippen molar-refractivity contribution in [1.29, 1.82) is 0 Å². The number of amides is 2. The molecule has 0 radical (unpaired) electrons. The lowest BCUT2D eigenvalue weighted by atomic mass is 10.1. The second-order valence-corrected chi connectivity index (χ2v) is 6.22. The molecule has 2 rings (SSSR count). The van der Waals surface area contributed by atoms with E-state index in [1.807, 2.05) is 11.4 Å². The van der Waals surface area contributed by atoms with Gasteiger partial charge in [0, 0.05) is 13.6 Å². The molecule has 2 N–H and O–H groups in total. The van der Waals surface area contributed by atoms with E-state index in [2.05, 4.69) is 5.32 Å². The Labute approximate surface area is 122 Å². The minimum absolute atomic E-state index is 0.0615. The molecular formula is C14H20N2O3S. The molecule has 20 heavy (non-hydrogen) atoms. The van der Waals surface area contributed by atoms with Gasteiger partial charge in [0.1, 0.15) is 0 Å². The summed E-state index contributed by atoms with van der Waals surface area (Å²) in [5.41, 5.74) is 0. The van der Waals surface area contributed by atoms with Crippen LogP contribution in [0, 0.1) is 5.92 Å². The van der Waals surface area contributed by atoms with Crippen LogP contribution in [0.3, 0.4) is 0 Å². The standard InChI is InChI=1S/C14H20N2O3S/c1-16(14(19)12-3-2-6-20-12)9-13(18)15-8-10-4-5-11(17)7-10/h2-3,6,10-11,17H,4-5,7-9H2,1H3,(H,15,18). The van der Waals surface area contributed by atoms with Crippen molar-refractivity contribution in [3.8, 4) is 0 Å². The molecule has 5 nitrogen and oxygen atoms in total. The van der Waals surface area contributed by atoms with Crippen LogP contribution in [0.2, 0.25) is 0 Å². The summed E-state index contributed by atoms with van der Waals surface area (Å²) < 4.78 is 0. The van der Waals surface area contributed by atoms with E-state index in [9.17, 15) is 14.7 Å². The van der Waals surface area contributed by atoms with E-state index >= 15 is 0 Å². The summed E-state index contributed by atoms with van der Waals surface area (Å²) in [4.78, 5) is 25.8. The molecule has 1 aromatic rings. The Balaban J connectivity index is 1.72. The molecule has 1 aliphatic rings. The highest BCUT2D eigenvalue weighted by atomic mass is 32.1. The molecule has 1 saturated carbocycles. The molecule has 1 fully saturated rings.